The largest absolute Gasteiger partial charge is 0.379 e. The number of likely N-dealkylation sites (N-methyl/N-ethyl adjacent to an activating group) is 1. The highest BCUT2D eigenvalue weighted by atomic mass is 32.2. The smallest absolute Gasteiger partial charge is 0.252 e. The molecule has 32 heavy (non-hydrogen) atoms. The lowest BCUT2D eigenvalue weighted by Crippen LogP contribution is -2.40. The molecule has 174 valence electrons. The number of benzene rings is 1. The molecule has 2 aliphatic heterocycles. The average Bonchev–Trinajstić information content (AvgIpc) is 3.30. The maximum Gasteiger partial charge on any atom is 0.252 e. The van der Waals surface area contributed by atoms with Crippen LogP contribution in [0.25, 0.3) is 0 Å². The van der Waals surface area contributed by atoms with E-state index < -0.39 is 10.0 Å². The predicted octanol–water partition coefficient (Wildman–Crippen LogP) is 1.81. The lowest BCUT2D eigenvalue weighted by Gasteiger charge is -2.29. The van der Waals surface area contributed by atoms with Crippen LogP contribution in [0.1, 0.15) is 10.4 Å². The minimum absolute atomic E-state index is 0.0422. The lowest BCUT2D eigenvalue weighted by atomic mass is 10.1. The first kappa shape index (κ1) is 23.2. The van der Waals surface area contributed by atoms with Crippen LogP contribution in [0.2, 0.25) is 0 Å². The normalized spacial score (nSPS) is 18.0. The molecule has 4 rings (SSSR count). The molecule has 0 saturated carbocycles. The van der Waals surface area contributed by atoms with Gasteiger partial charge in [0.05, 0.1) is 32.8 Å². The van der Waals surface area contributed by atoms with E-state index >= 15 is 0 Å². The van der Waals surface area contributed by atoms with Crippen molar-refractivity contribution in [2.45, 2.75) is 17.2 Å². The summed E-state index contributed by atoms with van der Waals surface area (Å²) in [5.41, 5.74) is 2.22. The van der Waals surface area contributed by atoms with Crippen molar-refractivity contribution in [2.75, 3.05) is 64.6 Å². The van der Waals surface area contributed by atoms with E-state index in [0.717, 1.165) is 36.7 Å². The first-order valence-electron chi connectivity index (χ1n) is 10.8. The van der Waals surface area contributed by atoms with Crippen molar-refractivity contribution in [3.05, 3.63) is 46.8 Å². The highest BCUT2D eigenvalue weighted by molar-refractivity contribution is 7.91. The molecule has 2 saturated heterocycles. The predicted molar refractivity (Wildman–Crippen MR) is 124 cm³/mol. The monoisotopic (exact) mass is 479 g/mol. The number of nitrogens with zero attached hydrogens (tertiary/aromatic N) is 3. The third-order valence-electron chi connectivity index (χ3n) is 5.68. The van der Waals surface area contributed by atoms with E-state index in [9.17, 15) is 13.2 Å². The number of rotatable bonds is 7. The molecular formula is C22H29N3O5S2. The Labute approximate surface area is 193 Å². The highest BCUT2D eigenvalue weighted by Crippen LogP contribution is 2.26. The van der Waals surface area contributed by atoms with E-state index in [1.807, 2.05) is 12.1 Å². The Balaban J connectivity index is 1.33. The van der Waals surface area contributed by atoms with Gasteiger partial charge in [-0.05, 0) is 29.8 Å². The van der Waals surface area contributed by atoms with Gasteiger partial charge < -0.3 is 19.3 Å². The van der Waals surface area contributed by atoms with Crippen molar-refractivity contribution in [3.63, 3.8) is 0 Å². The van der Waals surface area contributed by atoms with Gasteiger partial charge in [-0.3, -0.25) is 4.79 Å². The van der Waals surface area contributed by atoms with Crippen molar-refractivity contribution < 1.29 is 22.7 Å². The van der Waals surface area contributed by atoms with Gasteiger partial charge in [0.25, 0.3) is 10.0 Å². The third kappa shape index (κ3) is 5.49. The zero-order valence-corrected chi connectivity index (χ0v) is 19.9. The molecule has 8 nitrogen and oxygen atoms in total. The summed E-state index contributed by atoms with van der Waals surface area (Å²) in [6.07, 6.45) is 0.186. The third-order valence-corrected chi connectivity index (χ3v) is 9.14. The second-order valence-corrected chi connectivity index (χ2v) is 11.3. The van der Waals surface area contributed by atoms with Crippen LogP contribution in [0.4, 0.5) is 5.69 Å². The maximum atomic E-state index is 12.8. The van der Waals surface area contributed by atoms with E-state index in [-0.39, 0.29) is 16.5 Å². The molecular weight excluding hydrogens is 450 g/mol. The van der Waals surface area contributed by atoms with Crippen molar-refractivity contribution in [2.24, 2.45) is 0 Å². The Morgan fingerprint density at radius 2 is 1.59 bits per heavy atom. The second-order valence-electron chi connectivity index (χ2n) is 7.93. The quantitative estimate of drug-likeness (QED) is 0.603. The molecule has 1 aromatic carbocycles. The van der Waals surface area contributed by atoms with Gasteiger partial charge in [0.1, 0.15) is 4.21 Å². The standard InChI is InChI=1S/C22H29N3O5S2/c1-23(17-18-2-4-19(5-3-18)24-8-12-29-13-9-24)21(26)16-20-6-7-22(31-20)32(27,28)25-10-14-30-15-11-25/h2-7H,8-17H2,1H3. The summed E-state index contributed by atoms with van der Waals surface area (Å²) in [4.78, 5) is 17.4. The average molecular weight is 480 g/mol. The molecule has 2 aliphatic rings. The number of amides is 1. The van der Waals surface area contributed by atoms with E-state index in [2.05, 4.69) is 17.0 Å². The Bertz CT molecular complexity index is 1010. The molecule has 2 fully saturated rings. The fourth-order valence-corrected chi connectivity index (χ4v) is 6.69. The molecule has 1 aromatic heterocycles. The summed E-state index contributed by atoms with van der Waals surface area (Å²) in [7, 11) is -1.75. The van der Waals surface area contributed by atoms with Crippen LogP contribution >= 0.6 is 11.3 Å². The number of morpholine rings is 2. The number of carbonyl (C=O) groups excluding carboxylic acids is 1. The van der Waals surface area contributed by atoms with Crippen molar-refractivity contribution in [1.82, 2.24) is 9.21 Å². The number of hydrogen-bond donors (Lipinski definition) is 0. The Kier molecular flexibility index (Phi) is 7.47. The van der Waals surface area contributed by atoms with Gasteiger partial charge in [-0.1, -0.05) is 12.1 Å². The number of thiophene rings is 1. The van der Waals surface area contributed by atoms with Crippen LogP contribution in [-0.2, 0) is 37.3 Å². The van der Waals surface area contributed by atoms with Crippen LogP contribution in [-0.4, -0.2) is 83.2 Å². The van der Waals surface area contributed by atoms with E-state index in [4.69, 9.17) is 9.47 Å². The molecule has 2 aromatic rings. The molecule has 1 amide bonds. The first-order valence-corrected chi connectivity index (χ1v) is 13.0. The highest BCUT2D eigenvalue weighted by Gasteiger charge is 2.28. The fourth-order valence-electron chi connectivity index (χ4n) is 3.79. The number of carbonyl (C=O) groups is 1. The molecule has 0 atom stereocenters. The van der Waals surface area contributed by atoms with E-state index in [0.29, 0.717) is 32.8 Å². The maximum absolute atomic E-state index is 12.8. The molecule has 0 unspecified atom stereocenters. The van der Waals surface area contributed by atoms with Gasteiger partial charge >= 0.3 is 0 Å². The number of anilines is 1. The fraction of sp³-hybridized carbons (Fsp3) is 0.500. The molecule has 10 heteroatoms. The van der Waals surface area contributed by atoms with Crippen LogP contribution in [0.3, 0.4) is 0 Å². The van der Waals surface area contributed by atoms with Crippen LogP contribution in [0, 0.1) is 0 Å². The minimum atomic E-state index is -3.52. The topological polar surface area (TPSA) is 79.4 Å². The summed E-state index contributed by atoms with van der Waals surface area (Å²) in [5.74, 6) is -0.0422. The summed E-state index contributed by atoms with van der Waals surface area (Å²) >= 11 is 1.17. The van der Waals surface area contributed by atoms with Crippen LogP contribution < -0.4 is 4.90 Å². The summed E-state index contributed by atoms with van der Waals surface area (Å²) < 4.78 is 37.9. The summed E-state index contributed by atoms with van der Waals surface area (Å²) in [5, 5.41) is 0. The molecule has 0 bridgehead atoms. The van der Waals surface area contributed by atoms with Crippen molar-refractivity contribution >= 4 is 33.0 Å². The Hall–Kier alpha value is -1.98. The van der Waals surface area contributed by atoms with Crippen molar-refractivity contribution in [1.29, 1.82) is 0 Å². The van der Waals surface area contributed by atoms with Crippen molar-refractivity contribution in [3.8, 4) is 0 Å². The number of ether oxygens (including phenoxy) is 2. The molecule has 0 spiro atoms. The summed E-state index contributed by atoms with van der Waals surface area (Å²) in [6, 6.07) is 11.6. The van der Waals surface area contributed by atoms with Gasteiger partial charge in [-0.15, -0.1) is 11.3 Å². The zero-order chi connectivity index (χ0) is 22.6. The van der Waals surface area contributed by atoms with E-state index in [1.54, 1.807) is 24.1 Å². The van der Waals surface area contributed by atoms with Gasteiger partial charge in [-0.25, -0.2) is 8.42 Å². The first-order chi connectivity index (χ1) is 15.4. The molecule has 0 N–H and O–H groups in total. The number of hydrogen-bond acceptors (Lipinski definition) is 7. The van der Waals surface area contributed by atoms with Gasteiger partial charge in [0.15, 0.2) is 0 Å². The van der Waals surface area contributed by atoms with E-state index in [1.165, 1.54) is 21.3 Å². The Morgan fingerprint density at radius 3 is 2.25 bits per heavy atom. The zero-order valence-electron chi connectivity index (χ0n) is 18.2. The van der Waals surface area contributed by atoms with Gasteiger partial charge in [0, 0.05) is 50.3 Å². The number of sulfonamides is 1. The summed E-state index contributed by atoms with van der Waals surface area (Å²) in [6.45, 7) is 5.33. The van der Waals surface area contributed by atoms with Crippen LogP contribution in [0.15, 0.2) is 40.6 Å². The molecule has 0 aliphatic carbocycles. The van der Waals surface area contributed by atoms with Gasteiger partial charge in [0.2, 0.25) is 5.91 Å². The SMILES string of the molecule is CN(Cc1ccc(N2CCOCC2)cc1)C(=O)Cc1ccc(S(=O)(=O)N2CCOCC2)s1. The van der Waals surface area contributed by atoms with Crippen LogP contribution in [0.5, 0.6) is 0 Å². The second kappa shape index (κ2) is 10.3. The molecule has 3 heterocycles. The lowest BCUT2D eigenvalue weighted by molar-refractivity contribution is -0.129. The Morgan fingerprint density at radius 1 is 0.969 bits per heavy atom. The minimum Gasteiger partial charge on any atom is -0.379 e. The molecule has 0 radical (unpaired) electrons. The van der Waals surface area contributed by atoms with Gasteiger partial charge in [-0.2, -0.15) is 4.31 Å².